The standard InChI is InChI=1S/C12H17N3O2/c1-8(2)7-14-12-9-5-6-13-10(9)3-4-11(12)15(16)17/h3-4,8,13-14H,5-7H2,1-2H3. The second kappa shape index (κ2) is 4.61. The van der Waals surface area contributed by atoms with Gasteiger partial charge in [-0.1, -0.05) is 13.8 Å². The molecule has 0 fully saturated rings. The molecule has 0 bridgehead atoms. The molecule has 0 saturated heterocycles. The van der Waals surface area contributed by atoms with Crippen LogP contribution < -0.4 is 10.6 Å². The molecule has 0 radical (unpaired) electrons. The zero-order chi connectivity index (χ0) is 12.4. The molecular formula is C12H17N3O2. The lowest BCUT2D eigenvalue weighted by Crippen LogP contribution is -2.11. The van der Waals surface area contributed by atoms with Crippen LogP contribution >= 0.6 is 0 Å². The molecule has 0 unspecified atom stereocenters. The zero-order valence-corrected chi connectivity index (χ0v) is 10.1. The number of nitrogens with one attached hydrogen (secondary N) is 2. The zero-order valence-electron chi connectivity index (χ0n) is 10.1. The highest BCUT2D eigenvalue weighted by molar-refractivity contribution is 5.77. The van der Waals surface area contributed by atoms with Crippen molar-refractivity contribution >= 4 is 17.1 Å². The van der Waals surface area contributed by atoms with E-state index in [1.54, 1.807) is 12.1 Å². The molecule has 0 aromatic heterocycles. The lowest BCUT2D eigenvalue weighted by Gasteiger charge is -2.13. The van der Waals surface area contributed by atoms with Crippen molar-refractivity contribution in [2.45, 2.75) is 20.3 Å². The Morgan fingerprint density at radius 1 is 1.53 bits per heavy atom. The number of fused-ring (bicyclic) bond motifs is 1. The molecule has 1 aliphatic rings. The molecule has 0 atom stereocenters. The first kappa shape index (κ1) is 11.7. The van der Waals surface area contributed by atoms with Gasteiger partial charge in [0.15, 0.2) is 0 Å². The molecule has 17 heavy (non-hydrogen) atoms. The Morgan fingerprint density at radius 2 is 2.29 bits per heavy atom. The van der Waals surface area contributed by atoms with E-state index in [0.717, 1.165) is 30.8 Å². The van der Waals surface area contributed by atoms with Crippen LogP contribution in [0.4, 0.5) is 17.1 Å². The van der Waals surface area contributed by atoms with E-state index < -0.39 is 0 Å². The summed E-state index contributed by atoms with van der Waals surface area (Å²) in [7, 11) is 0. The van der Waals surface area contributed by atoms with Crippen molar-refractivity contribution in [2.24, 2.45) is 5.92 Å². The first-order chi connectivity index (χ1) is 8.09. The Balaban J connectivity index is 2.37. The fraction of sp³-hybridized carbons (Fsp3) is 0.500. The third-order valence-corrected chi connectivity index (χ3v) is 2.87. The van der Waals surface area contributed by atoms with Crippen molar-refractivity contribution in [3.8, 4) is 0 Å². The maximum Gasteiger partial charge on any atom is 0.292 e. The minimum Gasteiger partial charge on any atom is -0.384 e. The number of nitro benzene ring substituents is 1. The Hall–Kier alpha value is -1.78. The first-order valence-electron chi connectivity index (χ1n) is 5.87. The van der Waals surface area contributed by atoms with Gasteiger partial charge in [0.25, 0.3) is 5.69 Å². The van der Waals surface area contributed by atoms with E-state index in [1.165, 1.54) is 0 Å². The molecule has 1 aromatic rings. The van der Waals surface area contributed by atoms with Crippen LogP contribution in [0.5, 0.6) is 0 Å². The summed E-state index contributed by atoms with van der Waals surface area (Å²) >= 11 is 0. The lowest BCUT2D eigenvalue weighted by molar-refractivity contribution is -0.384. The SMILES string of the molecule is CC(C)CNc1c([N+](=O)[O-])ccc2c1CCN2. The summed E-state index contributed by atoms with van der Waals surface area (Å²) in [6.45, 7) is 5.77. The quantitative estimate of drug-likeness (QED) is 0.622. The van der Waals surface area contributed by atoms with Gasteiger partial charge in [-0.3, -0.25) is 10.1 Å². The van der Waals surface area contributed by atoms with Crippen molar-refractivity contribution in [3.05, 3.63) is 27.8 Å². The number of hydrogen-bond donors (Lipinski definition) is 2. The van der Waals surface area contributed by atoms with Gasteiger partial charge in [-0.2, -0.15) is 0 Å². The molecule has 2 rings (SSSR count). The van der Waals surface area contributed by atoms with E-state index in [-0.39, 0.29) is 10.6 Å². The molecule has 0 saturated carbocycles. The number of hydrogen-bond acceptors (Lipinski definition) is 4. The van der Waals surface area contributed by atoms with Crippen LogP contribution in [0.15, 0.2) is 12.1 Å². The van der Waals surface area contributed by atoms with Crippen molar-refractivity contribution < 1.29 is 4.92 Å². The average molecular weight is 235 g/mol. The van der Waals surface area contributed by atoms with Gasteiger partial charge < -0.3 is 10.6 Å². The van der Waals surface area contributed by atoms with Gasteiger partial charge in [-0.15, -0.1) is 0 Å². The molecule has 0 aliphatic carbocycles. The normalized spacial score (nSPS) is 13.4. The van der Waals surface area contributed by atoms with Crippen LogP contribution in [0.1, 0.15) is 19.4 Å². The molecule has 5 nitrogen and oxygen atoms in total. The molecule has 2 N–H and O–H groups in total. The summed E-state index contributed by atoms with van der Waals surface area (Å²) in [6, 6.07) is 3.36. The van der Waals surface area contributed by atoms with Gasteiger partial charge in [0.1, 0.15) is 5.69 Å². The van der Waals surface area contributed by atoms with E-state index in [0.29, 0.717) is 11.6 Å². The summed E-state index contributed by atoms with van der Waals surface area (Å²) in [4.78, 5) is 10.7. The van der Waals surface area contributed by atoms with Crippen LogP contribution in [0.25, 0.3) is 0 Å². The van der Waals surface area contributed by atoms with Crippen molar-refractivity contribution in [1.82, 2.24) is 0 Å². The Morgan fingerprint density at radius 3 is 2.94 bits per heavy atom. The van der Waals surface area contributed by atoms with E-state index in [4.69, 9.17) is 0 Å². The Bertz CT molecular complexity index is 444. The van der Waals surface area contributed by atoms with Gasteiger partial charge in [-0.25, -0.2) is 0 Å². The predicted octanol–water partition coefficient (Wildman–Crippen LogP) is 2.63. The summed E-state index contributed by atoms with van der Waals surface area (Å²) < 4.78 is 0. The van der Waals surface area contributed by atoms with Gasteiger partial charge in [-0.05, 0) is 18.4 Å². The van der Waals surface area contributed by atoms with E-state index >= 15 is 0 Å². The summed E-state index contributed by atoms with van der Waals surface area (Å²) in [5, 5.41) is 17.5. The smallest absolute Gasteiger partial charge is 0.292 e. The van der Waals surface area contributed by atoms with E-state index in [2.05, 4.69) is 24.5 Å². The van der Waals surface area contributed by atoms with Crippen LogP contribution in [0.2, 0.25) is 0 Å². The highest BCUT2D eigenvalue weighted by atomic mass is 16.6. The van der Waals surface area contributed by atoms with Crippen molar-refractivity contribution in [2.75, 3.05) is 23.7 Å². The van der Waals surface area contributed by atoms with Crippen molar-refractivity contribution in [3.63, 3.8) is 0 Å². The van der Waals surface area contributed by atoms with E-state index in [9.17, 15) is 10.1 Å². The van der Waals surface area contributed by atoms with Gasteiger partial charge in [0.2, 0.25) is 0 Å². The van der Waals surface area contributed by atoms with Crippen LogP contribution in [-0.4, -0.2) is 18.0 Å². The maximum absolute atomic E-state index is 11.0. The minimum atomic E-state index is -0.318. The monoisotopic (exact) mass is 235 g/mol. The molecule has 92 valence electrons. The minimum absolute atomic E-state index is 0.174. The van der Waals surface area contributed by atoms with Crippen LogP contribution in [-0.2, 0) is 6.42 Å². The van der Waals surface area contributed by atoms with Crippen LogP contribution in [0.3, 0.4) is 0 Å². The molecular weight excluding hydrogens is 218 g/mol. The number of rotatable bonds is 4. The van der Waals surface area contributed by atoms with E-state index in [1.807, 2.05) is 0 Å². The highest BCUT2D eigenvalue weighted by Gasteiger charge is 2.23. The second-order valence-corrected chi connectivity index (χ2v) is 4.69. The van der Waals surface area contributed by atoms with Gasteiger partial charge in [0.05, 0.1) is 4.92 Å². The molecule has 1 aliphatic heterocycles. The first-order valence-corrected chi connectivity index (χ1v) is 5.87. The van der Waals surface area contributed by atoms with Crippen molar-refractivity contribution in [1.29, 1.82) is 0 Å². The molecule has 0 spiro atoms. The summed E-state index contributed by atoms with van der Waals surface area (Å²) in [5.41, 5.74) is 2.92. The molecule has 0 amide bonds. The second-order valence-electron chi connectivity index (χ2n) is 4.69. The number of anilines is 2. The number of nitrogens with zero attached hydrogens (tertiary/aromatic N) is 1. The summed E-state index contributed by atoms with van der Waals surface area (Å²) in [5.74, 6) is 0.458. The van der Waals surface area contributed by atoms with Gasteiger partial charge >= 0.3 is 0 Å². The highest BCUT2D eigenvalue weighted by Crippen LogP contribution is 2.36. The molecule has 5 heteroatoms. The Kier molecular flexibility index (Phi) is 3.17. The fourth-order valence-electron chi connectivity index (χ4n) is 2.04. The van der Waals surface area contributed by atoms with Crippen LogP contribution in [0, 0.1) is 16.0 Å². The fourth-order valence-corrected chi connectivity index (χ4v) is 2.04. The largest absolute Gasteiger partial charge is 0.384 e. The topological polar surface area (TPSA) is 67.2 Å². The lowest BCUT2D eigenvalue weighted by atomic mass is 10.1. The molecule has 1 heterocycles. The third kappa shape index (κ3) is 2.33. The Labute approximate surface area is 100 Å². The van der Waals surface area contributed by atoms with Gasteiger partial charge in [0, 0.05) is 30.4 Å². The maximum atomic E-state index is 11.0. The average Bonchev–Trinajstić information content (AvgIpc) is 2.73. The third-order valence-electron chi connectivity index (χ3n) is 2.87. The number of benzene rings is 1. The number of nitro groups is 1. The molecule has 1 aromatic carbocycles. The summed E-state index contributed by atoms with van der Waals surface area (Å²) in [6.07, 6.45) is 0.845. The predicted molar refractivity (Wildman–Crippen MR) is 68.6 cm³/mol.